The van der Waals surface area contributed by atoms with E-state index < -0.39 is 10.5 Å². The fraction of sp³-hybridized carbons (Fsp3) is 0.280. The predicted octanol–water partition coefficient (Wildman–Crippen LogP) is 3.45. The number of non-ortho nitro benzene ring substituents is 1. The molecule has 2 aromatic carbocycles. The van der Waals surface area contributed by atoms with E-state index in [2.05, 4.69) is 25.7 Å². The number of aromatic nitrogens is 2. The van der Waals surface area contributed by atoms with Gasteiger partial charge in [-0.25, -0.2) is 0 Å². The van der Waals surface area contributed by atoms with Crippen LogP contribution in [0.25, 0.3) is 27.6 Å². The second-order valence-electron chi connectivity index (χ2n) is 9.28. The number of quaternary nitrogens is 1. The minimum Gasteiger partial charge on any atom is -0.374 e. The van der Waals surface area contributed by atoms with Crippen LogP contribution >= 0.6 is 0 Å². The first kappa shape index (κ1) is 23.2. The molecule has 0 bridgehead atoms. The quantitative estimate of drug-likeness (QED) is 0.239. The van der Waals surface area contributed by atoms with Crippen LogP contribution in [0, 0.1) is 21.4 Å². The van der Waals surface area contributed by atoms with Gasteiger partial charge in [-0.3, -0.25) is 19.5 Å². The minimum atomic E-state index is -0.488. The first-order chi connectivity index (χ1) is 16.1. The van der Waals surface area contributed by atoms with Crippen LogP contribution in [0.4, 0.5) is 5.69 Å². The molecule has 0 spiro atoms. The number of ether oxygens (including phenoxy) is 1. The van der Waals surface area contributed by atoms with Crippen molar-refractivity contribution in [3.63, 3.8) is 0 Å². The zero-order valence-electron chi connectivity index (χ0n) is 19.6. The molecule has 0 aliphatic rings. The lowest BCUT2D eigenvalue weighted by molar-refractivity contribution is -0.873. The molecule has 0 saturated heterocycles. The molecule has 0 N–H and O–H groups in total. The number of para-hydroxylation sites is 1. The monoisotopic (exact) mass is 460 g/mol. The van der Waals surface area contributed by atoms with E-state index in [0.29, 0.717) is 22.2 Å². The Morgan fingerprint density at radius 1 is 1.12 bits per heavy atom. The molecule has 34 heavy (non-hydrogen) atoms. The van der Waals surface area contributed by atoms with Gasteiger partial charge in [0.1, 0.15) is 24.3 Å². The second-order valence-corrected chi connectivity index (χ2v) is 9.28. The van der Waals surface area contributed by atoms with Gasteiger partial charge in [0.05, 0.1) is 49.2 Å². The average molecular weight is 461 g/mol. The van der Waals surface area contributed by atoms with Crippen molar-refractivity contribution in [1.82, 2.24) is 9.13 Å². The highest BCUT2D eigenvalue weighted by Crippen LogP contribution is 2.31. The fourth-order valence-corrected chi connectivity index (χ4v) is 4.37. The van der Waals surface area contributed by atoms with Crippen molar-refractivity contribution in [3.05, 3.63) is 80.6 Å². The zero-order chi connectivity index (χ0) is 24.6. The summed E-state index contributed by atoms with van der Waals surface area (Å²) in [4.78, 5) is 23.9. The van der Waals surface area contributed by atoms with E-state index in [1.807, 2.05) is 30.3 Å². The van der Waals surface area contributed by atoms with E-state index in [1.165, 1.54) is 28.8 Å². The summed E-state index contributed by atoms with van der Waals surface area (Å²) in [6, 6.07) is 17.1. The largest absolute Gasteiger partial charge is 0.374 e. The van der Waals surface area contributed by atoms with Crippen LogP contribution in [0.3, 0.4) is 0 Å². The van der Waals surface area contributed by atoms with Crippen molar-refractivity contribution in [2.75, 3.05) is 34.8 Å². The Bertz CT molecular complexity index is 1490. The van der Waals surface area contributed by atoms with Crippen LogP contribution in [-0.4, -0.2) is 59.4 Å². The molecular formula is C25H26N5O4+. The van der Waals surface area contributed by atoms with Gasteiger partial charge < -0.3 is 13.8 Å². The Hall–Kier alpha value is -4.00. The Labute approximate surface area is 196 Å². The summed E-state index contributed by atoms with van der Waals surface area (Å²) in [6.45, 7) is 1.29. The molecule has 0 amide bonds. The maximum atomic E-state index is 13.3. The maximum Gasteiger partial charge on any atom is 0.273 e. The molecule has 4 rings (SSSR count). The van der Waals surface area contributed by atoms with Crippen LogP contribution in [0.5, 0.6) is 0 Å². The van der Waals surface area contributed by atoms with Gasteiger partial charge in [-0.1, -0.05) is 18.2 Å². The number of methoxy groups -OCH3 is 1. The Morgan fingerprint density at radius 2 is 1.79 bits per heavy atom. The number of nitro benzene ring substituents is 1. The van der Waals surface area contributed by atoms with Crippen LogP contribution in [0.15, 0.2) is 59.4 Å². The lowest BCUT2D eigenvalue weighted by Crippen LogP contribution is -2.43. The van der Waals surface area contributed by atoms with Gasteiger partial charge in [-0.05, 0) is 24.3 Å². The highest BCUT2D eigenvalue weighted by atomic mass is 16.6. The molecule has 0 aliphatic heterocycles. The molecule has 0 radical (unpaired) electrons. The number of likely N-dealkylation sites (N-methyl/N-ethyl adjacent to an activating group) is 1. The second kappa shape index (κ2) is 8.74. The Kier molecular flexibility index (Phi) is 5.96. The topological polar surface area (TPSA) is 103 Å². The predicted molar refractivity (Wildman–Crippen MR) is 130 cm³/mol. The van der Waals surface area contributed by atoms with Crippen molar-refractivity contribution in [2.24, 2.45) is 0 Å². The van der Waals surface area contributed by atoms with E-state index in [9.17, 15) is 20.2 Å². The fourth-order valence-electron chi connectivity index (χ4n) is 4.37. The molecule has 9 nitrogen and oxygen atoms in total. The van der Waals surface area contributed by atoms with E-state index in [4.69, 9.17) is 4.74 Å². The highest BCUT2D eigenvalue weighted by Gasteiger charge is 2.23. The Balaban J connectivity index is 2.04. The molecule has 174 valence electrons. The molecular weight excluding hydrogens is 434 g/mol. The molecule has 9 heteroatoms. The smallest absolute Gasteiger partial charge is 0.273 e. The summed E-state index contributed by atoms with van der Waals surface area (Å²) >= 11 is 0. The summed E-state index contributed by atoms with van der Waals surface area (Å²) in [5.41, 5.74) is 2.18. The normalized spacial score (nSPS) is 12.7. The number of fused-ring (bicyclic) bond motifs is 3. The number of pyridine rings is 1. The molecule has 2 aromatic heterocycles. The van der Waals surface area contributed by atoms with Gasteiger partial charge in [0, 0.05) is 30.3 Å². The van der Waals surface area contributed by atoms with Crippen molar-refractivity contribution in [3.8, 4) is 11.8 Å². The number of hydrogen-bond donors (Lipinski definition) is 0. The summed E-state index contributed by atoms with van der Waals surface area (Å²) in [6.07, 6.45) is -0.107. The molecule has 0 aliphatic carbocycles. The summed E-state index contributed by atoms with van der Waals surface area (Å²) in [5, 5.41) is 21.7. The number of hydrogen-bond acceptors (Lipinski definition) is 5. The van der Waals surface area contributed by atoms with Crippen molar-refractivity contribution in [1.29, 1.82) is 5.26 Å². The third kappa shape index (κ3) is 4.17. The van der Waals surface area contributed by atoms with Crippen molar-refractivity contribution in [2.45, 2.75) is 12.6 Å². The number of rotatable bonds is 7. The van der Waals surface area contributed by atoms with Crippen LogP contribution in [0.1, 0.15) is 5.56 Å². The van der Waals surface area contributed by atoms with Gasteiger partial charge in [-0.15, -0.1) is 0 Å². The van der Waals surface area contributed by atoms with Gasteiger partial charge >= 0.3 is 0 Å². The zero-order valence-corrected chi connectivity index (χ0v) is 19.6. The molecule has 1 atom stereocenters. The average Bonchev–Trinajstić information content (AvgIpc) is 3.10. The van der Waals surface area contributed by atoms with Gasteiger partial charge in [0.25, 0.3) is 11.2 Å². The number of nitriles is 1. The van der Waals surface area contributed by atoms with Crippen LogP contribution in [-0.2, 0) is 11.3 Å². The van der Waals surface area contributed by atoms with E-state index in [-0.39, 0.29) is 17.4 Å². The summed E-state index contributed by atoms with van der Waals surface area (Å²) in [5.74, 6) is 0. The summed E-state index contributed by atoms with van der Waals surface area (Å²) in [7, 11) is 7.97. The Morgan fingerprint density at radius 3 is 2.38 bits per heavy atom. The van der Waals surface area contributed by atoms with E-state index >= 15 is 0 Å². The van der Waals surface area contributed by atoms with Gasteiger partial charge in [0.15, 0.2) is 0 Å². The van der Waals surface area contributed by atoms with E-state index in [1.54, 1.807) is 13.2 Å². The number of benzene rings is 2. The molecule has 0 saturated carbocycles. The van der Waals surface area contributed by atoms with Gasteiger partial charge in [0.2, 0.25) is 0 Å². The third-order valence-electron chi connectivity index (χ3n) is 5.83. The molecule has 0 fully saturated rings. The van der Waals surface area contributed by atoms with Gasteiger partial charge in [-0.2, -0.15) is 5.26 Å². The lowest BCUT2D eigenvalue weighted by atomic mass is 10.2. The molecule has 4 aromatic rings. The number of nitrogens with zero attached hydrogens (tertiary/aromatic N) is 5. The maximum absolute atomic E-state index is 13.3. The SMILES string of the molecule is COC(Cn1c2ccccc2c2c1cc(C#N)c(=O)n2-c1ccc([N+](=O)[O-])cc1)C[N+](C)(C)C. The minimum absolute atomic E-state index is 0.00419. The third-order valence-corrected chi connectivity index (χ3v) is 5.83. The summed E-state index contributed by atoms with van der Waals surface area (Å²) < 4.78 is 10.1. The standard InChI is InChI=1S/C25H26N5O4/c1-30(2,3)16-20(34-4)15-27-22-8-6-5-7-21(22)24-23(27)13-17(14-26)25(31)28(24)18-9-11-19(12-10-18)29(32)33/h5-13,20H,15-16H2,1-4H3/q+1. The van der Waals surface area contributed by atoms with Crippen molar-refractivity contribution >= 4 is 27.6 Å². The van der Waals surface area contributed by atoms with Crippen LogP contribution in [0.2, 0.25) is 0 Å². The lowest BCUT2D eigenvalue weighted by Gasteiger charge is -2.29. The number of nitro groups is 1. The first-order valence-corrected chi connectivity index (χ1v) is 10.8. The molecule has 1 unspecified atom stereocenters. The van der Waals surface area contributed by atoms with E-state index in [0.717, 1.165) is 23.0 Å². The van der Waals surface area contributed by atoms with Crippen molar-refractivity contribution < 1.29 is 14.1 Å². The van der Waals surface area contributed by atoms with Crippen LogP contribution < -0.4 is 5.56 Å². The first-order valence-electron chi connectivity index (χ1n) is 10.8. The molecule has 2 heterocycles. The highest BCUT2D eigenvalue weighted by molar-refractivity contribution is 6.07.